The second-order valence-electron chi connectivity index (χ2n) is 9.84. The number of amides is 1. The van der Waals surface area contributed by atoms with Crippen molar-refractivity contribution in [3.8, 4) is 0 Å². The summed E-state index contributed by atoms with van der Waals surface area (Å²) in [5.74, 6) is 0.563. The van der Waals surface area contributed by atoms with Gasteiger partial charge in [0.2, 0.25) is 5.91 Å². The fourth-order valence-electron chi connectivity index (χ4n) is 4.88. The Morgan fingerprint density at radius 2 is 1.93 bits per heavy atom. The fourth-order valence-corrected chi connectivity index (χ4v) is 6.12. The van der Waals surface area contributed by atoms with Crippen LogP contribution in [0.4, 0.5) is 0 Å². The van der Waals surface area contributed by atoms with Gasteiger partial charge in [-0.3, -0.25) is 9.59 Å². The Kier molecular flexibility index (Phi) is 5.53. The summed E-state index contributed by atoms with van der Waals surface area (Å²) in [5, 5.41) is 9.12. The molecule has 0 aliphatic heterocycles. The zero-order chi connectivity index (χ0) is 20.8. The molecule has 4 rings (SSSR count). The molecule has 0 radical (unpaired) electrons. The van der Waals surface area contributed by atoms with Crippen LogP contribution in [0.15, 0.2) is 4.79 Å². The van der Waals surface area contributed by atoms with Crippen molar-refractivity contribution in [2.45, 2.75) is 84.7 Å². The highest BCUT2D eigenvalue weighted by molar-refractivity contribution is 7.18. The first-order valence-corrected chi connectivity index (χ1v) is 11.7. The lowest BCUT2D eigenvalue weighted by Gasteiger charge is -2.33. The van der Waals surface area contributed by atoms with Crippen molar-refractivity contribution in [3.05, 3.63) is 20.8 Å². The molecule has 1 atom stereocenters. The first kappa shape index (κ1) is 20.5. The van der Waals surface area contributed by atoms with E-state index >= 15 is 0 Å². The average Bonchev–Trinajstić information content (AvgIpc) is 3.08. The maximum Gasteiger partial charge on any atom is 0.279 e. The van der Waals surface area contributed by atoms with Crippen molar-refractivity contribution >= 4 is 27.5 Å². The van der Waals surface area contributed by atoms with Gasteiger partial charge >= 0.3 is 0 Å². The second kappa shape index (κ2) is 7.82. The summed E-state index contributed by atoms with van der Waals surface area (Å²) in [6.07, 6.45) is 8.70. The molecule has 2 aliphatic rings. The number of hydrogen-bond donors (Lipinski definition) is 0. The Morgan fingerprint density at radius 3 is 2.62 bits per heavy atom. The molecule has 7 heteroatoms. The maximum atomic E-state index is 13.2. The van der Waals surface area contributed by atoms with Crippen LogP contribution in [0.1, 0.15) is 69.7 Å². The van der Waals surface area contributed by atoms with E-state index in [1.165, 1.54) is 28.8 Å². The summed E-state index contributed by atoms with van der Waals surface area (Å²) in [5.41, 5.74) is 1.25. The molecular formula is C22H32N4O2S. The van der Waals surface area contributed by atoms with Gasteiger partial charge in [0.15, 0.2) is 4.83 Å². The number of carbonyl (C=O) groups excluding carboxylic acids is 1. The molecule has 29 heavy (non-hydrogen) atoms. The summed E-state index contributed by atoms with van der Waals surface area (Å²) in [6.45, 7) is 6.84. The van der Waals surface area contributed by atoms with Crippen LogP contribution >= 0.6 is 11.3 Å². The first-order chi connectivity index (χ1) is 13.8. The molecule has 0 unspecified atom stereocenters. The van der Waals surface area contributed by atoms with Gasteiger partial charge in [-0.2, -0.15) is 0 Å². The number of hydrogen-bond acceptors (Lipinski definition) is 5. The van der Waals surface area contributed by atoms with Crippen LogP contribution in [0.3, 0.4) is 0 Å². The molecule has 0 bridgehead atoms. The maximum absolute atomic E-state index is 13.2. The van der Waals surface area contributed by atoms with Gasteiger partial charge in [0.1, 0.15) is 6.54 Å². The fraction of sp³-hybridized carbons (Fsp3) is 0.727. The van der Waals surface area contributed by atoms with E-state index in [2.05, 4.69) is 31.1 Å². The van der Waals surface area contributed by atoms with Crippen LogP contribution < -0.4 is 5.56 Å². The number of aromatic nitrogens is 3. The van der Waals surface area contributed by atoms with Gasteiger partial charge < -0.3 is 4.90 Å². The zero-order valence-corrected chi connectivity index (χ0v) is 18.8. The minimum Gasteiger partial charge on any atom is -0.341 e. The van der Waals surface area contributed by atoms with Crippen molar-refractivity contribution < 1.29 is 4.79 Å². The zero-order valence-electron chi connectivity index (χ0n) is 18.0. The highest BCUT2D eigenvalue weighted by Crippen LogP contribution is 2.41. The molecule has 0 aromatic carbocycles. The number of aryl methyl sites for hydroxylation is 1. The summed E-state index contributed by atoms with van der Waals surface area (Å²) in [6, 6.07) is 0.284. The Hall–Kier alpha value is -1.76. The number of carbonyl (C=O) groups is 1. The number of nitrogens with zero attached hydrogens (tertiary/aromatic N) is 4. The van der Waals surface area contributed by atoms with Crippen molar-refractivity contribution in [1.29, 1.82) is 0 Å². The smallest absolute Gasteiger partial charge is 0.279 e. The van der Waals surface area contributed by atoms with E-state index in [-0.39, 0.29) is 29.5 Å². The Bertz CT molecular complexity index is 966. The molecule has 0 saturated heterocycles. The monoisotopic (exact) mass is 416 g/mol. The lowest BCUT2D eigenvalue weighted by molar-refractivity contribution is -0.133. The summed E-state index contributed by atoms with van der Waals surface area (Å²) < 4.78 is 1.27. The molecule has 1 saturated carbocycles. The Morgan fingerprint density at radius 1 is 1.21 bits per heavy atom. The topological polar surface area (TPSA) is 68.1 Å². The molecule has 1 amide bonds. The van der Waals surface area contributed by atoms with E-state index in [0.29, 0.717) is 11.3 Å². The second-order valence-corrected chi connectivity index (χ2v) is 10.9. The van der Waals surface area contributed by atoms with Crippen LogP contribution in [0, 0.1) is 11.3 Å². The molecule has 0 spiro atoms. The number of fused-ring (bicyclic) bond motifs is 3. The molecular weight excluding hydrogens is 384 g/mol. The summed E-state index contributed by atoms with van der Waals surface area (Å²) in [7, 11) is 1.86. The first-order valence-electron chi connectivity index (χ1n) is 10.9. The Balaban J connectivity index is 1.58. The van der Waals surface area contributed by atoms with Crippen molar-refractivity contribution in [1.82, 2.24) is 19.9 Å². The van der Waals surface area contributed by atoms with Crippen molar-refractivity contribution in [2.24, 2.45) is 11.3 Å². The van der Waals surface area contributed by atoms with E-state index in [0.717, 1.165) is 42.5 Å². The van der Waals surface area contributed by atoms with Gasteiger partial charge in [-0.15, -0.1) is 16.4 Å². The van der Waals surface area contributed by atoms with Crippen LogP contribution in [0.5, 0.6) is 0 Å². The number of thiophene rings is 1. The lowest BCUT2D eigenvalue weighted by atomic mass is 9.72. The predicted molar refractivity (Wildman–Crippen MR) is 116 cm³/mol. The molecule has 2 aliphatic carbocycles. The molecule has 6 nitrogen and oxygen atoms in total. The van der Waals surface area contributed by atoms with E-state index in [9.17, 15) is 9.59 Å². The number of rotatable bonds is 3. The highest BCUT2D eigenvalue weighted by atomic mass is 32.1. The molecule has 2 aromatic rings. The Labute approximate surface area is 176 Å². The quantitative estimate of drug-likeness (QED) is 0.763. The van der Waals surface area contributed by atoms with E-state index < -0.39 is 0 Å². The van der Waals surface area contributed by atoms with Crippen LogP contribution in [0.25, 0.3) is 10.2 Å². The van der Waals surface area contributed by atoms with E-state index in [4.69, 9.17) is 0 Å². The van der Waals surface area contributed by atoms with Gasteiger partial charge in [-0.1, -0.05) is 45.2 Å². The van der Waals surface area contributed by atoms with Gasteiger partial charge in [-0.05, 0) is 49.0 Å². The standard InChI is InChI=1S/C22H32N4O2S/c1-22(2,3)14-10-11-16-17(12-14)29-20-19(16)21(28)26(24-23-20)13-18(27)25(4)15-8-6-5-7-9-15/h14-15H,5-13H2,1-4H3/t14-/m1/s1. The van der Waals surface area contributed by atoms with Crippen LogP contribution in [-0.2, 0) is 24.2 Å². The minimum atomic E-state index is -0.160. The molecule has 2 aromatic heterocycles. The average molecular weight is 417 g/mol. The SMILES string of the molecule is CN(C(=O)Cn1nnc2sc3c(c2c1=O)CC[C@@H](C(C)(C)C)C3)C1CCCCC1. The summed E-state index contributed by atoms with van der Waals surface area (Å²) >= 11 is 1.61. The summed E-state index contributed by atoms with van der Waals surface area (Å²) in [4.78, 5) is 29.8. The van der Waals surface area contributed by atoms with Crippen molar-refractivity contribution in [2.75, 3.05) is 7.05 Å². The minimum absolute atomic E-state index is 0.0238. The van der Waals surface area contributed by atoms with Crippen LogP contribution in [0.2, 0.25) is 0 Å². The van der Waals surface area contributed by atoms with Gasteiger partial charge in [0.25, 0.3) is 5.56 Å². The van der Waals surface area contributed by atoms with E-state index in [1.807, 2.05) is 11.9 Å². The third-order valence-electron chi connectivity index (χ3n) is 6.96. The van der Waals surface area contributed by atoms with Gasteiger partial charge in [0, 0.05) is 18.0 Å². The largest absolute Gasteiger partial charge is 0.341 e. The number of likely N-dealkylation sites (N-methyl/N-ethyl adjacent to an activating group) is 1. The molecule has 158 valence electrons. The lowest BCUT2D eigenvalue weighted by Crippen LogP contribution is -2.42. The highest BCUT2D eigenvalue weighted by Gasteiger charge is 2.32. The predicted octanol–water partition coefficient (Wildman–Crippen LogP) is 3.80. The normalized spacial score (nSPS) is 20.6. The third kappa shape index (κ3) is 3.98. The third-order valence-corrected chi connectivity index (χ3v) is 8.10. The molecule has 1 fully saturated rings. The molecule has 0 N–H and O–H groups in total. The van der Waals surface area contributed by atoms with Crippen molar-refractivity contribution in [3.63, 3.8) is 0 Å². The molecule has 2 heterocycles. The van der Waals surface area contributed by atoms with Crippen LogP contribution in [-0.4, -0.2) is 38.9 Å². The van der Waals surface area contributed by atoms with Gasteiger partial charge in [-0.25, -0.2) is 4.68 Å². The van der Waals surface area contributed by atoms with E-state index in [1.54, 1.807) is 11.3 Å². The van der Waals surface area contributed by atoms with Gasteiger partial charge in [0.05, 0.1) is 5.39 Å².